The molecule has 0 bridgehead atoms. The minimum Gasteiger partial charge on any atom is -0.448 e. The first-order chi connectivity index (χ1) is 16.4. The van der Waals surface area contributed by atoms with Crippen molar-refractivity contribution in [2.24, 2.45) is 0 Å². The summed E-state index contributed by atoms with van der Waals surface area (Å²) in [5.74, 6) is 0. The van der Waals surface area contributed by atoms with Crippen molar-refractivity contribution < 1.29 is 17.9 Å². The molecular formula is C25H38ClN3O4S. The fourth-order valence-corrected chi connectivity index (χ4v) is 7.71. The average Bonchev–Trinajstić information content (AvgIpc) is 3.12. The summed E-state index contributed by atoms with van der Waals surface area (Å²) >= 11 is 5.96. The van der Waals surface area contributed by atoms with Crippen LogP contribution >= 0.6 is 11.6 Å². The van der Waals surface area contributed by atoms with Gasteiger partial charge < -0.3 is 9.64 Å². The minimum absolute atomic E-state index is 0.0842. The first-order valence-corrected chi connectivity index (χ1v) is 14.6. The van der Waals surface area contributed by atoms with Gasteiger partial charge in [0.2, 0.25) is 10.0 Å². The van der Waals surface area contributed by atoms with Gasteiger partial charge in [-0.1, -0.05) is 30.9 Å². The second kappa shape index (κ2) is 11.6. The summed E-state index contributed by atoms with van der Waals surface area (Å²) in [6.45, 7) is 5.65. The zero-order chi connectivity index (χ0) is 24.1. The van der Waals surface area contributed by atoms with Gasteiger partial charge in [0, 0.05) is 30.2 Å². The number of ether oxygens (including phenoxy) is 1. The molecule has 3 saturated heterocycles. The molecule has 3 aliphatic rings. The summed E-state index contributed by atoms with van der Waals surface area (Å²) in [5, 5.41) is 0.496. The van der Waals surface area contributed by atoms with Gasteiger partial charge in [-0.15, -0.1) is 0 Å². The molecule has 1 aromatic carbocycles. The molecule has 0 aromatic heterocycles. The van der Waals surface area contributed by atoms with Crippen molar-refractivity contribution in [1.29, 1.82) is 0 Å². The Labute approximate surface area is 209 Å². The van der Waals surface area contributed by atoms with Crippen LogP contribution in [0.1, 0.15) is 64.7 Å². The third-order valence-electron chi connectivity index (χ3n) is 7.55. The zero-order valence-corrected chi connectivity index (χ0v) is 21.8. The van der Waals surface area contributed by atoms with Gasteiger partial charge in [0.15, 0.2) is 0 Å². The zero-order valence-electron chi connectivity index (χ0n) is 20.2. The van der Waals surface area contributed by atoms with Gasteiger partial charge in [0.05, 0.1) is 10.9 Å². The molecule has 3 atom stereocenters. The van der Waals surface area contributed by atoms with Crippen molar-refractivity contribution in [2.45, 2.75) is 87.7 Å². The monoisotopic (exact) mass is 511 g/mol. The highest BCUT2D eigenvalue weighted by Gasteiger charge is 2.39. The molecule has 4 rings (SSSR count). The van der Waals surface area contributed by atoms with Crippen LogP contribution in [0.3, 0.4) is 0 Å². The first-order valence-electron chi connectivity index (χ1n) is 12.8. The lowest BCUT2D eigenvalue weighted by atomic mass is 10.0. The number of sulfonamides is 1. The maximum Gasteiger partial charge on any atom is 0.409 e. The SMILES string of the molecule is C[C@@H]1CCC[C@H](COC(=O)N2CCCC(N3CCCCCC3)C2)N1S(=O)(=O)c1ccc(Cl)cc1. The number of benzene rings is 1. The lowest BCUT2D eigenvalue weighted by Crippen LogP contribution is -2.52. The van der Waals surface area contributed by atoms with Crippen LogP contribution in [-0.2, 0) is 14.8 Å². The molecule has 0 spiro atoms. The lowest BCUT2D eigenvalue weighted by molar-refractivity contribution is 0.0446. The summed E-state index contributed by atoms with van der Waals surface area (Å²) < 4.78 is 34.2. The van der Waals surface area contributed by atoms with Gasteiger partial charge in [-0.05, 0) is 82.8 Å². The fourth-order valence-electron chi connectivity index (χ4n) is 5.72. The van der Waals surface area contributed by atoms with E-state index < -0.39 is 10.0 Å². The van der Waals surface area contributed by atoms with Crippen molar-refractivity contribution in [3.63, 3.8) is 0 Å². The Morgan fingerprint density at radius 3 is 2.38 bits per heavy atom. The quantitative estimate of drug-likeness (QED) is 0.570. The number of hydrogen-bond acceptors (Lipinski definition) is 5. The van der Waals surface area contributed by atoms with Gasteiger partial charge in [-0.2, -0.15) is 4.31 Å². The van der Waals surface area contributed by atoms with E-state index in [1.54, 1.807) is 28.6 Å². The molecule has 1 amide bonds. The number of halogens is 1. The van der Waals surface area contributed by atoms with Gasteiger partial charge >= 0.3 is 6.09 Å². The Bertz CT molecular complexity index is 919. The van der Waals surface area contributed by atoms with Gasteiger partial charge in [0.1, 0.15) is 6.61 Å². The van der Waals surface area contributed by atoms with Crippen LogP contribution in [0.4, 0.5) is 4.79 Å². The molecule has 0 aliphatic carbocycles. The van der Waals surface area contributed by atoms with Crippen molar-refractivity contribution in [3.8, 4) is 0 Å². The highest BCUT2D eigenvalue weighted by Crippen LogP contribution is 2.31. The van der Waals surface area contributed by atoms with E-state index in [1.165, 1.54) is 25.7 Å². The maximum atomic E-state index is 13.4. The van der Waals surface area contributed by atoms with Crippen LogP contribution in [0.5, 0.6) is 0 Å². The van der Waals surface area contributed by atoms with Crippen LogP contribution in [0.15, 0.2) is 29.2 Å². The number of piperidine rings is 2. The van der Waals surface area contributed by atoms with E-state index in [2.05, 4.69) is 4.90 Å². The van der Waals surface area contributed by atoms with Gasteiger partial charge in [-0.3, -0.25) is 4.90 Å². The van der Waals surface area contributed by atoms with Crippen molar-refractivity contribution >= 4 is 27.7 Å². The lowest BCUT2D eigenvalue weighted by Gasteiger charge is -2.40. The van der Waals surface area contributed by atoms with Crippen molar-refractivity contribution in [3.05, 3.63) is 29.3 Å². The average molecular weight is 512 g/mol. The highest BCUT2D eigenvalue weighted by atomic mass is 35.5. The summed E-state index contributed by atoms with van der Waals surface area (Å²) in [6, 6.07) is 6.15. The summed E-state index contributed by atoms with van der Waals surface area (Å²) in [7, 11) is -3.71. The highest BCUT2D eigenvalue weighted by molar-refractivity contribution is 7.89. The molecule has 1 aromatic rings. The molecule has 3 fully saturated rings. The fraction of sp³-hybridized carbons (Fsp3) is 0.720. The number of likely N-dealkylation sites (tertiary alicyclic amines) is 2. The Morgan fingerprint density at radius 2 is 1.68 bits per heavy atom. The van der Waals surface area contributed by atoms with Crippen molar-refractivity contribution in [1.82, 2.24) is 14.1 Å². The standard InChI is InChI=1S/C25H38ClN3O4S/c1-20-8-6-9-23(29(20)34(31,32)24-13-11-21(26)12-14-24)19-33-25(30)28-17-7-10-22(18-28)27-15-4-2-3-5-16-27/h11-14,20,22-23H,2-10,15-19H2,1H3/t20-,22?,23-/m1/s1. The number of amides is 1. The minimum atomic E-state index is -3.71. The molecule has 9 heteroatoms. The second-order valence-electron chi connectivity index (χ2n) is 9.99. The first kappa shape index (κ1) is 25.7. The topological polar surface area (TPSA) is 70.2 Å². The number of carbonyl (C=O) groups excluding carboxylic acids is 1. The molecular weight excluding hydrogens is 474 g/mol. The largest absolute Gasteiger partial charge is 0.448 e. The number of carbonyl (C=O) groups is 1. The normalized spacial score (nSPS) is 27.8. The van der Waals surface area contributed by atoms with E-state index in [-0.39, 0.29) is 29.7 Å². The molecule has 34 heavy (non-hydrogen) atoms. The van der Waals surface area contributed by atoms with Gasteiger partial charge in [-0.25, -0.2) is 13.2 Å². The number of rotatable bonds is 5. The maximum absolute atomic E-state index is 13.4. The summed E-state index contributed by atoms with van der Waals surface area (Å²) in [4.78, 5) is 17.6. The van der Waals surface area contributed by atoms with Gasteiger partial charge in [0.25, 0.3) is 0 Å². The van der Waals surface area contributed by atoms with Crippen LogP contribution in [-0.4, -0.2) is 79.5 Å². The summed E-state index contributed by atoms with van der Waals surface area (Å²) in [6.07, 6.45) is 9.23. The Balaban J connectivity index is 1.38. The molecule has 1 unspecified atom stereocenters. The predicted molar refractivity (Wildman–Crippen MR) is 134 cm³/mol. The molecule has 0 saturated carbocycles. The number of nitrogens with zero attached hydrogens (tertiary/aromatic N) is 3. The third kappa shape index (κ3) is 6.07. The Morgan fingerprint density at radius 1 is 0.971 bits per heavy atom. The van der Waals surface area contributed by atoms with Crippen LogP contribution in [0.2, 0.25) is 5.02 Å². The van der Waals surface area contributed by atoms with Crippen LogP contribution in [0.25, 0.3) is 0 Å². The van der Waals surface area contributed by atoms with Crippen LogP contribution in [0, 0.1) is 0 Å². The number of hydrogen-bond donors (Lipinski definition) is 0. The van der Waals surface area contributed by atoms with E-state index in [1.807, 2.05) is 11.8 Å². The van der Waals surface area contributed by atoms with Crippen molar-refractivity contribution in [2.75, 3.05) is 32.8 Å². The molecule has 3 aliphatic heterocycles. The Hall–Kier alpha value is -1.35. The van der Waals surface area contributed by atoms with E-state index in [9.17, 15) is 13.2 Å². The van der Waals surface area contributed by atoms with E-state index >= 15 is 0 Å². The molecule has 0 radical (unpaired) electrons. The third-order valence-corrected chi connectivity index (χ3v) is 9.89. The molecule has 7 nitrogen and oxygen atoms in total. The molecule has 0 N–H and O–H groups in total. The second-order valence-corrected chi connectivity index (χ2v) is 12.3. The van der Waals surface area contributed by atoms with E-state index in [0.29, 0.717) is 30.6 Å². The Kier molecular flexibility index (Phi) is 8.77. The summed E-state index contributed by atoms with van der Waals surface area (Å²) in [5.41, 5.74) is 0. The van der Waals surface area contributed by atoms with E-state index in [0.717, 1.165) is 38.8 Å². The molecule has 190 valence electrons. The smallest absolute Gasteiger partial charge is 0.409 e. The van der Waals surface area contributed by atoms with Crippen LogP contribution < -0.4 is 0 Å². The predicted octanol–water partition coefficient (Wildman–Crippen LogP) is 4.75. The molecule has 3 heterocycles. The van der Waals surface area contributed by atoms with E-state index in [4.69, 9.17) is 16.3 Å².